The lowest BCUT2D eigenvalue weighted by Gasteiger charge is -2.13. The average molecular weight is 395 g/mol. The number of benzene rings is 2. The second kappa shape index (κ2) is 8.51. The van der Waals surface area contributed by atoms with E-state index < -0.39 is 0 Å². The summed E-state index contributed by atoms with van der Waals surface area (Å²) in [5.74, 6) is 0.277. The normalized spacial score (nSPS) is 10.3. The first-order chi connectivity index (χ1) is 13.5. The summed E-state index contributed by atoms with van der Waals surface area (Å²) in [5.41, 5.74) is 9.16. The molecule has 7 heteroatoms. The zero-order chi connectivity index (χ0) is 20.1. The second-order valence-corrected chi connectivity index (χ2v) is 6.62. The van der Waals surface area contributed by atoms with Gasteiger partial charge in [0.25, 0.3) is 0 Å². The molecule has 0 aliphatic heterocycles. The smallest absolute Gasteiger partial charge is 0.244 e. The van der Waals surface area contributed by atoms with Crippen LogP contribution in [0.2, 0.25) is 5.02 Å². The number of amides is 1. The van der Waals surface area contributed by atoms with Crippen LogP contribution >= 0.6 is 11.6 Å². The van der Waals surface area contributed by atoms with Gasteiger partial charge in [-0.05, 0) is 35.9 Å². The lowest BCUT2D eigenvalue weighted by molar-refractivity contribution is -0.116. The summed E-state index contributed by atoms with van der Waals surface area (Å²) in [6.45, 7) is -0.0406. The van der Waals surface area contributed by atoms with Crippen molar-refractivity contribution in [2.24, 2.45) is 0 Å². The molecule has 0 saturated carbocycles. The molecule has 0 atom stereocenters. The molecule has 1 aromatic heterocycles. The molecule has 0 unspecified atom stereocenters. The Hall–Kier alpha value is -3.43. The van der Waals surface area contributed by atoms with Crippen molar-refractivity contribution in [1.29, 1.82) is 5.26 Å². The summed E-state index contributed by atoms with van der Waals surface area (Å²) in [6, 6.07) is 18.2. The van der Waals surface area contributed by atoms with Gasteiger partial charge in [-0.15, -0.1) is 0 Å². The number of anilines is 2. The maximum atomic E-state index is 12.6. The number of rotatable bonds is 6. The number of nitrogen functional groups attached to an aromatic ring is 1. The molecular weight excluding hydrogens is 376 g/mol. The number of hydrogen-bond donors (Lipinski definition) is 2. The van der Waals surface area contributed by atoms with Gasteiger partial charge >= 0.3 is 0 Å². The van der Waals surface area contributed by atoms with Crippen molar-refractivity contribution in [2.45, 2.75) is 13.0 Å². The molecule has 0 fully saturated rings. The van der Waals surface area contributed by atoms with Crippen LogP contribution in [0.25, 0.3) is 0 Å². The summed E-state index contributed by atoms with van der Waals surface area (Å²) < 4.78 is 6.89. The van der Waals surface area contributed by atoms with Crippen LogP contribution in [0, 0.1) is 11.3 Å². The highest BCUT2D eigenvalue weighted by Crippen LogP contribution is 2.25. The minimum Gasteiger partial charge on any atom is -0.495 e. The van der Waals surface area contributed by atoms with E-state index in [4.69, 9.17) is 22.1 Å². The molecule has 0 bridgehead atoms. The Labute approximate surface area is 168 Å². The summed E-state index contributed by atoms with van der Waals surface area (Å²) in [7, 11) is 1.54. The van der Waals surface area contributed by atoms with Crippen LogP contribution in [0.4, 0.5) is 11.4 Å². The van der Waals surface area contributed by atoms with Crippen LogP contribution in [0.1, 0.15) is 17.0 Å². The van der Waals surface area contributed by atoms with E-state index in [1.807, 2.05) is 18.2 Å². The van der Waals surface area contributed by atoms with E-state index in [0.717, 1.165) is 5.56 Å². The fraction of sp³-hybridized carbons (Fsp3) is 0.143. The van der Waals surface area contributed by atoms with Crippen LogP contribution in [0.5, 0.6) is 5.75 Å². The predicted molar refractivity (Wildman–Crippen MR) is 109 cm³/mol. The molecule has 0 saturated heterocycles. The highest BCUT2D eigenvalue weighted by Gasteiger charge is 2.17. The van der Waals surface area contributed by atoms with E-state index in [1.165, 1.54) is 7.11 Å². The van der Waals surface area contributed by atoms with Crippen LogP contribution in [0.15, 0.2) is 54.6 Å². The van der Waals surface area contributed by atoms with Gasteiger partial charge in [0.1, 0.15) is 24.1 Å². The molecule has 6 nitrogen and oxygen atoms in total. The number of nitrogens with two attached hydrogens (primary N) is 1. The summed E-state index contributed by atoms with van der Waals surface area (Å²) in [4.78, 5) is 12.6. The van der Waals surface area contributed by atoms with Gasteiger partial charge in [0.05, 0.1) is 18.5 Å². The van der Waals surface area contributed by atoms with Crippen molar-refractivity contribution in [2.75, 3.05) is 18.2 Å². The first kappa shape index (κ1) is 19.3. The van der Waals surface area contributed by atoms with Gasteiger partial charge in [-0.3, -0.25) is 4.79 Å². The van der Waals surface area contributed by atoms with E-state index in [0.29, 0.717) is 40.0 Å². The molecule has 0 aliphatic rings. The van der Waals surface area contributed by atoms with Crippen LogP contribution in [-0.2, 0) is 17.8 Å². The largest absolute Gasteiger partial charge is 0.495 e. The fourth-order valence-corrected chi connectivity index (χ4v) is 3.08. The third-order valence-electron chi connectivity index (χ3n) is 4.32. The molecule has 28 heavy (non-hydrogen) atoms. The van der Waals surface area contributed by atoms with Crippen molar-refractivity contribution in [3.05, 3.63) is 76.6 Å². The van der Waals surface area contributed by atoms with E-state index >= 15 is 0 Å². The molecule has 0 aliphatic carbocycles. The Bertz CT molecular complexity index is 1040. The number of ether oxygens (including phenoxy) is 1. The standard InChI is InChI=1S/C21H19ClN4O2/c1-28-20-5-3-2-4-18(20)25-21(27)13-26-16(12-23)11-17(24)19(26)10-14-6-8-15(22)9-7-14/h2-9,11H,10,13,24H2,1H3,(H,25,27). The van der Waals surface area contributed by atoms with Gasteiger partial charge in [0, 0.05) is 17.1 Å². The molecule has 142 valence electrons. The van der Waals surface area contributed by atoms with E-state index in [2.05, 4.69) is 11.4 Å². The quantitative estimate of drug-likeness (QED) is 0.664. The number of nitrogens with zero attached hydrogens (tertiary/aromatic N) is 2. The van der Waals surface area contributed by atoms with Crippen LogP contribution < -0.4 is 15.8 Å². The van der Waals surface area contributed by atoms with Crippen molar-refractivity contribution in [3.63, 3.8) is 0 Å². The Kier molecular flexibility index (Phi) is 5.87. The van der Waals surface area contributed by atoms with Crippen molar-refractivity contribution >= 4 is 28.9 Å². The maximum absolute atomic E-state index is 12.6. The zero-order valence-electron chi connectivity index (χ0n) is 15.3. The Morgan fingerprint density at radius 2 is 1.96 bits per heavy atom. The summed E-state index contributed by atoms with van der Waals surface area (Å²) >= 11 is 5.94. The van der Waals surface area contributed by atoms with E-state index in [1.54, 1.807) is 41.0 Å². The number of carbonyl (C=O) groups excluding carboxylic acids is 1. The zero-order valence-corrected chi connectivity index (χ0v) is 16.0. The molecule has 1 heterocycles. The highest BCUT2D eigenvalue weighted by atomic mass is 35.5. The van der Waals surface area contributed by atoms with Gasteiger partial charge in [-0.1, -0.05) is 35.9 Å². The first-order valence-corrected chi connectivity index (χ1v) is 8.95. The third kappa shape index (κ3) is 4.27. The lowest BCUT2D eigenvalue weighted by Crippen LogP contribution is -2.21. The number of aromatic nitrogens is 1. The minimum atomic E-state index is -0.283. The number of nitrogens with one attached hydrogen (secondary N) is 1. The van der Waals surface area contributed by atoms with E-state index in [-0.39, 0.29) is 12.5 Å². The van der Waals surface area contributed by atoms with Gasteiger partial charge in [-0.25, -0.2) is 0 Å². The van der Waals surface area contributed by atoms with Gasteiger partial charge in [-0.2, -0.15) is 5.26 Å². The van der Waals surface area contributed by atoms with Gasteiger partial charge < -0.3 is 20.4 Å². The minimum absolute atomic E-state index is 0.0406. The van der Waals surface area contributed by atoms with Gasteiger partial charge in [0.15, 0.2) is 0 Å². The van der Waals surface area contributed by atoms with Crippen LogP contribution in [-0.4, -0.2) is 17.6 Å². The molecule has 0 spiro atoms. The van der Waals surface area contributed by atoms with E-state index in [9.17, 15) is 10.1 Å². The molecular formula is C21H19ClN4O2. The molecule has 3 rings (SSSR count). The number of para-hydroxylation sites is 2. The molecule has 2 aromatic carbocycles. The predicted octanol–water partition coefficient (Wildman–Crippen LogP) is 3.83. The van der Waals surface area contributed by atoms with Crippen LogP contribution in [0.3, 0.4) is 0 Å². The average Bonchev–Trinajstić information content (AvgIpc) is 2.98. The topological polar surface area (TPSA) is 93.1 Å². The first-order valence-electron chi connectivity index (χ1n) is 8.57. The number of hydrogen-bond acceptors (Lipinski definition) is 4. The number of methoxy groups -OCH3 is 1. The molecule has 0 radical (unpaired) electrons. The third-order valence-corrected chi connectivity index (χ3v) is 4.58. The summed E-state index contributed by atoms with van der Waals surface area (Å²) in [6.07, 6.45) is 0.479. The summed E-state index contributed by atoms with van der Waals surface area (Å²) in [5, 5.41) is 12.9. The lowest BCUT2D eigenvalue weighted by atomic mass is 10.1. The fourth-order valence-electron chi connectivity index (χ4n) is 2.96. The number of halogens is 1. The Morgan fingerprint density at radius 1 is 1.25 bits per heavy atom. The molecule has 3 aromatic rings. The SMILES string of the molecule is COc1ccccc1NC(=O)Cn1c(C#N)cc(N)c1Cc1ccc(Cl)cc1. The van der Waals surface area contributed by atoms with Gasteiger partial charge in [0.2, 0.25) is 5.91 Å². The molecule has 3 N–H and O–H groups in total. The number of carbonyl (C=O) groups is 1. The van der Waals surface area contributed by atoms with Crippen molar-refractivity contribution in [3.8, 4) is 11.8 Å². The monoisotopic (exact) mass is 394 g/mol. The second-order valence-electron chi connectivity index (χ2n) is 6.18. The van der Waals surface area contributed by atoms with Crippen molar-refractivity contribution in [1.82, 2.24) is 4.57 Å². The Balaban J connectivity index is 1.85. The Morgan fingerprint density at radius 3 is 2.64 bits per heavy atom. The maximum Gasteiger partial charge on any atom is 0.244 e. The number of nitriles is 1. The van der Waals surface area contributed by atoms with Crippen molar-refractivity contribution < 1.29 is 9.53 Å². The highest BCUT2D eigenvalue weighted by molar-refractivity contribution is 6.30. The molecule has 1 amide bonds.